The van der Waals surface area contributed by atoms with Gasteiger partial charge in [0.2, 0.25) is 11.8 Å². The highest BCUT2D eigenvalue weighted by molar-refractivity contribution is 5.89. The third-order valence-electron chi connectivity index (χ3n) is 5.84. The number of halogens is 2. The third-order valence-corrected chi connectivity index (χ3v) is 5.84. The maximum atomic E-state index is 14.2. The van der Waals surface area contributed by atoms with Gasteiger partial charge in [-0.3, -0.25) is 9.59 Å². The summed E-state index contributed by atoms with van der Waals surface area (Å²) >= 11 is 0. The quantitative estimate of drug-likeness (QED) is 0.658. The molecule has 34 heavy (non-hydrogen) atoms. The van der Waals surface area contributed by atoms with E-state index >= 15 is 0 Å². The Bertz CT molecular complexity index is 1100. The predicted octanol–water partition coefficient (Wildman–Crippen LogP) is 2.09. The number of hydrogen-bond donors (Lipinski definition) is 1. The number of carbonyl (C=O) groups is 3. The molecule has 4 rings (SSSR count). The molecule has 1 atom stereocenters. The molecule has 2 aliphatic heterocycles. The van der Waals surface area contributed by atoms with Crippen molar-refractivity contribution < 1.29 is 23.2 Å². The second kappa shape index (κ2) is 10.0. The smallest absolute Gasteiger partial charge is 0.333 e. The average molecular weight is 469 g/mol. The summed E-state index contributed by atoms with van der Waals surface area (Å²) in [6.07, 6.45) is 0.804. The minimum Gasteiger partial charge on any atom is -0.333 e. The number of hydrazine groups is 1. The summed E-state index contributed by atoms with van der Waals surface area (Å²) in [5.41, 5.74) is 1.05. The Hall–Kier alpha value is -3.79. The van der Waals surface area contributed by atoms with Crippen LogP contribution in [0.25, 0.3) is 0 Å². The van der Waals surface area contributed by atoms with Gasteiger partial charge in [0.1, 0.15) is 24.3 Å². The van der Waals surface area contributed by atoms with Crippen molar-refractivity contribution in [2.75, 3.05) is 26.2 Å². The molecular weight excluding hydrogens is 444 g/mol. The zero-order valence-corrected chi connectivity index (χ0v) is 18.5. The van der Waals surface area contributed by atoms with Gasteiger partial charge in [-0.25, -0.2) is 23.6 Å². The zero-order chi connectivity index (χ0) is 24.2. The van der Waals surface area contributed by atoms with Crippen molar-refractivity contribution in [3.05, 3.63) is 83.9 Å². The lowest BCUT2D eigenvalue weighted by Gasteiger charge is -2.52. The average Bonchev–Trinajstić information content (AvgIpc) is 2.81. The molecule has 8 nitrogen and oxygen atoms in total. The van der Waals surface area contributed by atoms with Crippen LogP contribution in [-0.4, -0.2) is 70.0 Å². The fraction of sp³-hybridized carbons (Fsp3) is 0.292. The van der Waals surface area contributed by atoms with Crippen LogP contribution in [0.15, 0.2) is 61.2 Å². The molecule has 0 bridgehead atoms. The van der Waals surface area contributed by atoms with Crippen molar-refractivity contribution in [1.82, 2.24) is 25.1 Å². The molecule has 2 aromatic rings. The van der Waals surface area contributed by atoms with Gasteiger partial charge in [-0.2, -0.15) is 0 Å². The standard InChI is InChI=1S/C24H25F2N5O3/c1-2-10-29-15-23(33)30-16-22(32)28(13-18-8-9-19(25)11-20(18)26)14-21(30)31(29)24(34)27-12-17-6-4-3-5-7-17/h2-9,11,21H,1,10,12-16H2,(H,27,34)/t21-/m0/s1. The molecule has 0 unspecified atom stereocenters. The van der Waals surface area contributed by atoms with Crippen LogP contribution in [0, 0.1) is 11.6 Å². The highest BCUT2D eigenvalue weighted by atomic mass is 19.1. The van der Waals surface area contributed by atoms with E-state index in [9.17, 15) is 23.2 Å². The van der Waals surface area contributed by atoms with E-state index in [1.165, 1.54) is 20.9 Å². The van der Waals surface area contributed by atoms with Gasteiger partial charge in [-0.05, 0) is 11.6 Å². The normalized spacial score (nSPS) is 18.6. The lowest BCUT2D eigenvalue weighted by molar-refractivity contribution is -0.180. The van der Waals surface area contributed by atoms with E-state index < -0.39 is 23.8 Å². The molecule has 10 heteroatoms. The Morgan fingerprint density at radius 1 is 1.09 bits per heavy atom. The van der Waals surface area contributed by atoms with Gasteiger partial charge in [0.25, 0.3) is 0 Å². The van der Waals surface area contributed by atoms with Crippen molar-refractivity contribution in [3.8, 4) is 0 Å². The summed E-state index contributed by atoms with van der Waals surface area (Å²) < 4.78 is 27.5. The van der Waals surface area contributed by atoms with Crippen LogP contribution in [0.2, 0.25) is 0 Å². The molecule has 4 amide bonds. The molecule has 0 aromatic heterocycles. The first-order chi connectivity index (χ1) is 16.4. The number of amides is 4. The van der Waals surface area contributed by atoms with Crippen LogP contribution in [0.4, 0.5) is 13.6 Å². The van der Waals surface area contributed by atoms with E-state index in [2.05, 4.69) is 11.9 Å². The molecule has 0 aliphatic carbocycles. The molecule has 1 N–H and O–H groups in total. The second-order valence-electron chi connectivity index (χ2n) is 8.14. The highest BCUT2D eigenvalue weighted by Gasteiger charge is 2.46. The van der Waals surface area contributed by atoms with Gasteiger partial charge < -0.3 is 15.1 Å². The number of benzene rings is 2. The fourth-order valence-corrected chi connectivity index (χ4v) is 4.15. The van der Waals surface area contributed by atoms with Crippen LogP contribution in [0.1, 0.15) is 11.1 Å². The van der Waals surface area contributed by atoms with Crippen LogP contribution < -0.4 is 5.32 Å². The SMILES string of the molecule is C=CCN1CC(=O)N2CC(=O)N(Cc3ccc(F)cc3F)C[C@@H]2N1C(=O)NCc1ccccc1. The molecule has 2 fully saturated rings. The summed E-state index contributed by atoms with van der Waals surface area (Å²) in [5.74, 6) is -2.15. The lowest BCUT2D eigenvalue weighted by Crippen LogP contribution is -2.73. The third kappa shape index (κ3) is 4.91. The van der Waals surface area contributed by atoms with Gasteiger partial charge in [0.15, 0.2) is 0 Å². The number of urea groups is 1. The first kappa shape index (κ1) is 23.4. The van der Waals surface area contributed by atoms with E-state index in [1.54, 1.807) is 11.1 Å². The Morgan fingerprint density at radius 3 is 2.56 bits per heavy atom. The number of nitrogens with zero attached hydrogens (tertiary/aromatic N) is 4. The van der Waals surface area contributed by atoms with Crippen molar-refractivity contribution in [2.45, 2.75) is 19.3 Å². The van der Waals surface area contributed by atoms with Crippen molar-refractivity contribution in [1.29, 1.82) is 0 Å². The number of fused-ring (bicyclic) bond motifs is 1. The first-order valence-corrected chi connectivity index (χ1v) is 10.8. The van der Waals surface area contributed by atoms with Crippen molar-refractivity contribution in [3.63, 3.8) is 0 Å². The van der Waals surface area contributed by atoms with Gasteiger partial charge in [0.05, 0.1) is 13.1 Å². The Kier molecular flexibility index (Phi) is 6.87. The van der Waals surface area contributed by atoms with Crippen LogP contribution in [0.5, 0.6) is 0 Å². The summed E-state index contributed by atoms with van der Waals surface area (Å²) in [6, 6.07) is 12.1. The summed E-state index contributed by atoms with van der Waals surface area (Å²) in [7, 11) is 0. The highest BCUT2D eigenvalue weighted by Crippen LogP contribution is 2.24. The maximum Gasteiger partial charge on any atom is 0.334 e. The Morgan fingerprint density at radius 2 is 1.85 bits per heavy atom. The molecule has 178 valence electrons. The van der Waals surface area contributed by atoms with Crippen LogP contribution in [-0.2, 0) is 22.7 Å². The molecule has 2 aromatic carbocycles. The van der Waals surface area contributed by atoms with E-state index in [4.69, 9.17) is 0 Å². The molecule has 2 aliphatic rings. The minimum atomic E-state index is -0.779. The zero-order valence-electron chi connectivity index (χ0n) is 18.5. The molecule has 0 saturated carbocycles. The van der Waals surface area contributed by atoms with Crippen molar-refractivity contribution in [2.24, 2.45) is 0 Å². The monoisotopic (exact) mass is 469 g/mol. The van der Waals surface area contributed by atoms with Gasteiger partial charge >= 0.3 is 6.03 Å². The first-order valence-electron chi connectivity index (χ1n) is 10.8. The topological polar surface area (TPSA) is 76.2 Å². The lowest BCUT2D eigenvalue weighted by atomic mass is 10.1. The number of piperazine rings is 1. The second-order valence-corrected chi connectivity index (χ2v) is 8.14. The largest absolute Gasteiger partial charge is 0.334 e. The molecule has 2 heterocycles. The summed E-state index contributed by atoms with van der Waals surface area (Å²) in [4.78, 5) is 41.5. The van der Waals surface area contributed by atoms with Crippen LogP contribution >= 0.6 is 0 Å². The van der Waals surface area contributed by atoms with Gasteiger partial charge in [-0.15, -0.1) is 6.58 Å². The molecule has 0 radical (unpaired) electrons. The fourth-order valence-electron chi connectivity index (χ4n) is 4.15. The minimum absolute atomic E-state index is 0.0200. The molecule has 2 saturated heterocycles. The van der Waals surface area contributed by atoms with E-state index in [0.717, 1.165) is 17.7 Å². The van der Waals surface area contributed by atoms with Crippen LogP contribution in [0.3, 0.4) is 0 Å². The Labute approximate surface area is 196 Å². The predicted molar refractivity (Wildman–Crippen MR) is 120 cm³/mol. The van der Waals surface area contributed by atoms with Gasteiger partial charge in [-0.1, -0.05) is 42.5 Å². The van der Waals surface area contributed by atoms with E-state index in [1.807, 2.05) is 30.3 Å². The number of carbonyl (C=O) groups excluding carboxylic acids is 3. The van der Waals surface area contributed by atoms with E-state index in [-0.39, 0.29) is 56.6 Å². The number of nitrogens with one attached hydrogen (secondary N) is 1. The van der Waals surface area contributed by atoms with Gasteiger partial charge in [0, 0.05) is 31.3 Å². The summed E-state index contributed by atoms with van der Waals surface area (Å²) in [6.45, 7) is 3.79. The maximum absolute atomic E-state index is 14.2. The Balaban J connectivity index is 1.56. The molecular formula is C24H25F2N5O3. The number of rotatable bonds is 6. The number of hydrogen-bond acceptors (Lipinski definition) is 4. The van der Waals surface area contributed by atoms with Crippen molar-refractivity contribution >= 4 is 17.8 Å². The summed E-state index contributed by atoms with van der Waals surface area (Å²) in [5, 5.41) is 5.86. The van der Waals surface area contributed by atoms with E-state index in [0.29, 0.717) is 0 Å². The molecule has 0 spiro atoms.